The Morgan fingerprint density at radius 3 is 2.30 bits per heavy atom. The maximum absolute atomic E-state index is 13.1. The Kier molecular flexibility index (Phi) is 4.71. The van der Waals surface area contributed by atoms with Crippen LogP contribution in [0.15, 0.2) is 0 Å². The number of hydrogen-bond donors (Lipinski definition) is 1. The van der Waals surface area contributed by atoms with E-state index in [2.05, 4.69) is 5.32 Å². The molecule has 0 radical (unpaired) electrons. The van der Waals surface area contributed by atoms with Crippen molar-refractivity contribution in [2.45, 2.75) is 89.8 Å². The van der Waals surface area contributed by atoms with Crippen LogP contribution in [0.2, 0.25) is 0 Å². The van der Waals surface area contributed by atoms with Crippen LogP contribution in [0.5, 0.6) is 0 Å². The molecule has 4 nitrogen and oxygen atoms in total. The minimum absolute atomic E-state index is 0.0191. The summed E-state index contributed by atoms with van der Waals surface area (Å²) >= 11 is 0. The van der Waals surface area contributed by atoms with E-state index >= 15 is 0 Å². The summed E-state index contributed by atoms with van der Waals surface area (Å²) in [7, 11) is 0. The van der Waals surface area contributed by atoms with Crippen LogP contribution in [0.1, 0.15) is 72.1 Å². The van der Waals surface area contributed by atoms with Crippen LogP contribution in [0.3, 0.4) is 0 Å². The van der Waals surface area contributed by atoms with Crippen LogP contribution in [0.4, 0.5) is 0 Å². The second-order valence-electron chi connectivity index (χ2n) is 6.39. The molecular formula is C16H28N2O2. The van der Waals surface area contributed by atoms with Crippen LogP contribution in [-0.2, 0) is 9.59 Å². The lowest BCUT2D eigenvalue weighted by Crippen LogP contribution is -2.59. The summed E-state index contributed by atoms with van der Waals surface area (Å²) in [6.07, 6.45) is 7.64. The number of carbonyl (C=O) groups is 2. The van der Waals surface area contributed by atoms with Gasteiger partial charge in [0.05, 0.1) is 0 Å². The molecule has 1 saturated heterocycles. The molecule has 2 fully saturated rings. The minimum atomic E-state index is -0.681. The van der Waals surface area contributed by atoms with Crippen molar-refractivity contribution in [3.05, 3.63) is 0 Å². The van der Waals surface area contributed by atoms with Gasteiger partial charge in [0.25, 0.3) is 0 Å². The van der Waals surface area contributed by atoms with Crippen molar-refractivity contribution in [1.82, 2.24) is 10.2 Å². The normalized spacial score (nSPS) is 28.1. The molecule has 1 aliphatic carbocycles. The fourth-order valence-electron chi connectivity index (χ4n) is 3.80. The number of nitrogens with zero attached hydrogens (tertiary/aromatic N) is 1. The molecule has 1 atom stereocenters. The second-order valence-corrected chi connectivity index (χ2v) is 6.39. The zero-order valence-corrected chi connectivity index (χ0v) is 13.1. The van der Waals surface area contributed by atoms with Crippen molar-refractivity contribution >= 4 is 11.8 Å². The summed E-state index contributed by atoms with van der Waals surface area (Å²) in [5, 5.41) is 3.01. The van der Waals surface area contributed by atoms with Gasteiger partial charge in [0, 0.05) is 18.5 Å². The standard InChI is InChI=1S/C16H28N2O2/c1-4-16(5-2)15(20)18(12(3)11-14(19)17-16)13-9-7-6-8-10-13/h12-13H,4-11H2,1-3H3,(H,17,19). The maximum atomic E-state index is 13.1. The molecule has 1 saturated carbocycles. The highest BCUT2D eigenvalue weighted by molar-refractivity contribution is 5.94. The molecule has 20 heavy (non-hydrogen) atoms. The predicted octanol–water partition coefficient (Wildman–Crippen LogP) is 2.61. The van der Waals surface area contributed by atoms with Crippen molar-refractivity contribution < 1.29 is 9.59 Å². The van der Waals surface area contributed by atoms with E-state index in [1.54, 1.807) is 0 Å². The predicted molar refractivity (Wildman–Crippen MR) is 79.3 cm³/mol. The van der Waals surface area contributed by atoms with Crippen molar-refractivity contribution in [3.63, 3.8) is 0 Å². The van der Waals surface area contributed by atoms with E-state index in [1.165, 1.54) is 19.3 Å². The number of hydrogen-bond acceptors (Lipinski definition) is 2. The van der Waals surface area contributed by atoms with E-state index in [0.29, 0.717) is 25.3 Å². The van der Waals surface area contributed by atoms with E-state index < -0.39 is 5.54 Å². The first kappa shape index (κ1) is 15.3. The summed E-state index contributed by atoms with van der Waals surface area (Å²) in [5.41, 5.74) is -0.681. The molecule has 114 valence electrons. The van der Waals surface area contributed by atoms with Crippen molar-refractivity contribution in [1.29, 1.82) is 0 Å². The monoisotopic (exact) mass is 280 g/mol. The van der Waals surface area contributed by atoms with Gasteiger partial charge in [0.1, 0.15) is 5.54 Å². The van der Waals surface area contributed by atoms with Crippen LogP contribution in [0, 0.1) is 0 Å². The van der Waals surface area contributed by atoms with Gasteiger partial charge in [-0.3, -0.25) is 9.59 Å². The SMILES string of the molecule is CCC1(CC)NC(=O)CC(C)N(C2CCCCC2)C1=O. The fourth-order valence-corrected chi connectivity index (χ4v) is 3.80. The molecule has 0 aromatic heterocycles. The number of carbonyl (C=O) groups excluding carboxylic acids is 2. The average molecular weight is 280 g/mol. The molecule has 0 aromatic rings. The second kappa shape index (κ2) is 6.15. The lowest BCUT2D eigenvalue weighted by molar-refractivity contribution is -0.143. The lowest BCUT2D eigenvalue weighted by atomic mass is 9.88. The first-order chi connectivity index (χ1) is 9.54. The van der Waals surface area contributed by atoms with Gasteiger partial charge in [0.15, 0.2) is 0 Å². The van der Waals surface area contributed by atoms with Gasteiger partial charge in [-0.15, -0.1) is 0 Å². The van der Waals surface area contributed by atoms with E-state index in [1.807, 2.05) is 25.7 Å². The number of amides is 2. The molecule has 2 rings (SSSR count). The van der Waals surface area contributed by atoms with Gasteiger partial charge in [-0.2, -0.15) is 0 Å². The molecule has 2 aliphatic rings. The van der Waals surface area contributed by atoms with Gasteiger partial charge >= 0.3 is 0 Å². The van der Waals surface area contributed by atoms with Gasteiger partial charge < -0.3 is 10.2 Å². The molecule has 4 heteroatoms. The number of rotatable bonds is 3. The third kappa shape index (κ3) is 2.70. The summed E-state index contributed by atoms with van der Waals surface area (Å²) in [4.78, 5) is 27.3. The third-order valence-corrected chi connectivity index (χ3v) is 5.15. The smallest absolute Gasteiger partial charge is 0.248 e. The largest absolute Gasteiger partial charge is 0.342 e. The van der Waals surface area contributed by atoms with Gasteiger partial charge in [-0.1, -0.05) is 33.1 Å². The van der Waals surface area contributed by atoms with Crippen LogP contribution < -0.4 is 5.32 Å². The van der Waals surface area contributed by atoms with E-state index in [-0.39, 0.29) is 17.9 Å². The van der Waals surface area contributed by atoms with Crippen molar-refractivity contribution in [2.24, 2.45) is 0 Å². The zero-order chi connectivity index (χ0) is 14.8. The summed E-state index contributed by atoms with van der Waals surface area (Å²) in [5.74, 6) is 0.167. The Hall–Kier alpha value is -1.06. The highest BCUT2D eigenvalue weighted by Crippen LogP contribution is 2.31. The van der Waals surface area contributed by atoms with Gasteiger partial charge in [-0.05, 0) is 32.6 Å². The first-order valence-corrected chi connectivity index (χ1v) is 8.18. The molecule has 0 aromatic carbocycles. The van der Waals surface area contributed by atoms with E-state index in [0.717, 1.165) is 12.8 Å². The highest BCUT2D eigenvalue weighted by Gasteiger charge is 2.46. The number of nitrogens with one attached hydrogen (secondary N) is 1. The van der Waals surface area contributed by atoms with Gasteiger partial charge in [-0.25, -0.2) is 0 Å². The Bertz CT molecular complexity index is 371. The fraction of sp³-hybridized carbons (Fsp3) is 0.875. The third-order valence-electron chi connectivity index (χ3n) is 5.15. The highest BCUT2D eigenvalue weighted by atomic mass is 16.2. The maximum Gasteiger partial charge on any atom is 0.248 e. The molecule has 1 heterocycles. The molecule has 0 bridgehead atoms. The quantitative estimate of drug-likeness (QED) is 0.864. The van der Waals surface area contributed by atoms with Crippen molar-refractivity contribution in [2.75, 3.05) is 0 Å². The Morgan fingerprint density at radius 1 is 1.15 bits per heavy atom. The van der Waals surface area contributed by atoms with Crippen LogP contribution >= 0.6 is 0 Å². The molecule has 1 N–H and O–H groups in total. The zero-order valence-electron chi connectivity index (χ0n) is 13.1. The topological polar surface area (TPSA) is 49.4 Å². The summed E-state index contributed by atoms with van der Waals surface area (Å²) in [6, 6.07) is 0.349. The minimum Gasteiger partial charge on any atom is -0.342 e. The average Bonchev–Trinajstić information content (AvgIpc) is 2.54. The van der Waals surface area contributed by atoms with Crippen LogP contribution in [-0.4, -0.2) is 34.3 Å². The Morgan fingerprint density at radius 2 is 1.75 bits per heavy atom. The summed E-state index contributed by atoms with van der Waals surface area (Å²) in [6.45, 7) is 6.01. The van der Waals surface area contributed by atoms with Crippen LogP contribution in [0.25, 0.3) is 0 Å². The molecule has 0 spiro atoms. The van der Waals surface area contributed by atoms with Crippen molar-refractivity contribution in [3.8, 4) is 0 Å². The van der Waals surface area contributed by atoms with E-state index in [4.69, 9.17) is 0 Å². The van der Waals surface area contributed by atoms with Gasteiger partial charge in [0.2, 0.25) is 11.8 Å². The van der Waals surface area contributed by atoms with E-state index in [9.17, 15) is 9.59 Å². The lowest BCUT2D eigenvalue weighted by Gasteiger charge is -2.41. The molecule has 1 aliphatic heterocycles. The molecule has 1 unspecified atom stereocenters. The summed E-state index contributed by atoms with van der Waals surface area (Å²) < 4.78 is 0. The Labute approximate surface area is 122 Å². The molecular weight excluding hydrogens is 252 g/mol. The first-order valence-electron chi connectivity index (χ1n) is 8.18. The Balaban J connectivity index is 2.31. The molecule has 2 amide bonds.